The van der Waals surface area contributed by atoms with E-state index in [1.54, 1.807) is 0 Å². The average molecular weight is 323 g/mol. The summed E-state index contributed by atoms with van der Waals surface area (Å²) in [5.74, 6) is 0.487. The minimum atomic E-state index is 0.487. The number of hydrogen-bond acceptors (Lipinski definition) is 1. The molecule has 4 rings (SSSR count). The third kappa shape index (κ3) is 3.06. The SMILES string of the molecule is CC(C)c1cc(-c2cccc(-c3ccccc3)c2)c2ncccc2c1. The van der Waals surface area contributed by atoms with Crippen molar-refractivity contribution in [1.29, 1.82) is 0 Å². The topological polar surface area (TPSA) is 12.9 Å². The highest BCUT2D eigenvalue weighted by atomic mass is 14.6. The molecule has 1 heteroatoms. The van der Waals surface area contributed by atoms with Crippen LogP contribution in [0.25, 0.3) is 33.2 Å². The summed E-state index contributed by atoms with van der Waals surface area (Å²) >= 11 is 0. The van der Waals surface area contributed by atoms with E-state index in [0.717, 1.165) is 5.52 Å². The molecule has 0 amide bonds. The van der Waals surface area contributed by atoms with E-state index in [1.165, 1.54) is 33.2 Å². The zero-order valence-electron chi connectivity index (χ0n) is 14.6. The number of aromatic nitrogens is 1. The Morgan fingerprint density at radius 1 is 0.680 bits per heavy atom. The number of hydrogen-bond donors (Lipinski definition) is 0. The van der Waals surface area contributed by atoms with Gasteiger partial charge < -0.3 is 0 Å². The fourth-order valence-electron chi connectivity index (χ4n) is 3.27. The van der Waals surface area contributed by atoms with Crippen LogP contribution < -0.4 is 0 Å². The summed E-state index contributed by atoms with van der Waals surface area (Å²) in [7, 11) is 0. The largest absolute Gasteiger partial charge is 0.256 e. The maximum absolute atomic E-state index is 4.66. The van der Waals surface area contributed by atoms with Crippen LogP contribution in [0.5, 0.6) is 0 Å². The van der Waals surface area contributed by atoms with Crippen molar-refractivity contribution in [2.45, 2.75) is 19.8 Å². The third-order valence-electron chi connectivity index (χ3n) is 4.67. The molecule has 0 saturated heterocycles. The lowest BCUT2D eigenvalue weighted by molar-refractivity contribution is 0.869. The second-order valence-electron chi connectivity index (χ2n) is 6.75. The Bertz CT molecular complexity index is 1020. The molecule has 0 aliphatic rings. The lowest BCUT2D eigenvalue weighted by atomic mass is 9.92. The normalized spacial score (nSPS) is 11.2. The fraction of sp³-hybridized carbons (Fsp3) is 0.125. The summed E-state index contributed by atoms with van der Waals surface area (Å²) in [6.45, 7) is 4.48. The molecule has 0 radical (unpaired) electrons. The third-order valence-corrected chi connectivity index (χ3v) is 4.67. The first-order valence-corrected chi connectivity index (χ1v) is 8.77. The number of pyridine rings is 1. The quantitative estimate of drug-likeness (QED) is 0.409. The monoisotopic (exact) mass is 323 g/mol. The van der Waals surface area contributed by atoms with E-state index in [4.69, 9.17) is 0 Å². The van der Waals surface area contributed by atoms with Crippen molar-refractivity contribution in [2.75, 3.05) is 0 Å². The van der Waals surface area contributed by atoms with Crippen molar-refractivity contribution in [3.05, 3.63) is 90.6 Å². The van der Waals surface area contributed by atoms with Crippen molar-refractivity contribution in [3.63, 3.8) is 0 Å². The molecule has 122 valence electrons. The molecule has 0 fully saturated rings. The Morgan fingerprint density at radius 3 is 2.24 bits per heavy atom. The Hall–Kier alpha value is -2.93. The van der Waals surface area contributed by atoms with E-state index in [-0.39, 0.29) is 0 Å². The van der Waals surface area contributed by atoms with E-state index in [2.05, 4.69) is 91.6 Å². The summed E-state index contributed by atoms with van der Waals surface area (Å²) in [4.78, 5) is 4.66. The summed E-state index contributed by atoms with van der Waals surface area (Å²) < 4.78 is 0. The van der Waals surface area contributed by atoms with Crippen LogP contribution in [0.15, 0.2) is 85.1 Å². The van der Waals surface area contributed by atoms with Crippen LogP contribution in [-0.4, -0.2) is 4.98 Å². The van der Waals surface area contributed by atoms with Crippen molar-refractivity contribution in [1.82, 2.24) is 4.98 Å². The molecule has 4 aromatic rings. The molecular weight excluding hydrogens is 302 g/mol. The van der Waals surface area contributed by atoms with Gasteiger partial charge in [-0.2, -0.15) is 0 Å². The van der Waals surface area contributed by atoms with Gasteiger partial charge in [-0.25, -0.2) is 0 Å². The maximum atomic E-state index is 4.66. The lowest BCUT2D eigenvalue weighted by Gasteiger charge is -2.13. The lowest BCUT2D eigenvalue weighted by Crippen LogP contribution is -1.92. The minimum absolute atomic E-state index is 0.487. The molecule has 0 aliphatic heterocycles. The highest BCUT2D eigenvalue weighted by Crippen LogP contribution is 2.33. The molecule has 0 spiro atoms. The Kier molecular flexibility index (Phi) is 4.07. The predicted molar refractivity (Wildman–Crippen MR) is 107 cm³/mol. The van der Waals surface area contributed by atoms with E-state index in [0.29, 0.717) is 5.92 Å². The van der Waals surface area contributed by atoms with E-state index >= 15 is 0 Å². The van der Waals surface area contributed by atoms with E-state index < -0.39 is 0 Å². The number of rotatable bonds is 3. The zero-order valence-corrected chi connectivity index (χ0v) is 14.6. The van der Waals surface area contributed by atoms with Gasteiger partial charge in [0, 0.05) is 17.1 Å². The van der Waals surface area contributed by atoms with Crippen molar-refractivity contribution < 1.29 is 0 Å². The zero-order chi connectivity index (χ0) is 17.2. The van der Waals surface area contributed by atoms with Crippen LogP contribution in [0.3, 0.4) is 0 Å². The van der Waals surface area contributed by atoms with Crippen LogP contribution in [-0.2, 0) is 0 Å². The molecule has 0 unspecified atom stereocenters. The van der Waals surface area contributed by atoms with Gasteiger partial charge in [0.05, 0.1) is 5.52 Å². The van der Waals surface area contributed by atoms with Gasteiger partial charge in [0.1, 0.15) is 0 Å². The molecule has 0 atom stereocenters. The molecule has 25 heavy (non-hydrogen) atoms. The van der Waals surface area contributed by atoms with Crippen LogP contribution in [0.2, 0.25) is 0 Å². The van der Waals surface area contributed by atoms with Crippen LogP contribution >= 0.6 is 0 Å². The molecule has 1 nitrogen and oxygen atoms in total. The van der Waals surface area contributed by atoms with Crippen molar-refractivity contribution in [3.8, 4) is 22.3 Å². The van der Waals surface area contributed by atoms with Gasteiger partial charge in [0.15, 0.2) is 0 Å². The first-order chi connectivity index (χ1) is 12.2. The van der Waals surface area contributed by atoms with Gasteiger partial charge in [-0.1, -0.05) is 68.4 Å². The Labute approximate surface area is 149 Å². The molecule has 0 saturated carbocycles. The van der Waals surface area contributed by atoms with Crippen LogP contribution in [0, 0.1) is 0 Å². The van der Waals surface area contributed by atoms with Gasteiger partial charge in [-0.05, 0) is 52.4 Å². The standard InChI is InChI=1S/C24H21N/c1-17(2)22-15-21-12-7-13-25-24(21)23(16-22)20-11-6-10-19(14-20)18-8-4-3-5-9-18/h3-17H,1-2H3. The second kappa shape index (κ2) is 6.52. The van der Waals surface area contributed by atoms with E-state index in [9.17, 15) is 0 Å². The van der Waals surface area contributed by atoms with Crippen LogP contribution in [0.4, 0.5) is 0 Å². The number of benzene rings is 3. The van der Waals surface area contributed by atoms with Gasteiger partial charge in [0.25, 0.3) is 0 Å². The molecule has 1 heterocycles. The molecule has 0 bridgehead atoms. The average Bonchev–Trinajstić information content (AvgIpc) is 2.68. The van der Waals surface area contributed by atoms with Gasteiger partial charge in [-0.3, -0.25) is 4.98 Å². The highest BCUT2D eigenvalue weighted by molar-refractivity contribution is 5.95. The van der Waals surface area contributed by atoms with Crippen molar-refractivity contribution >= 4 is 10.9 Å². The molecule has 1 aromatic heterocycles. The Balaban J connectivity index is 1.93. The molecule has 0 N–H and O–H groups in total. The van der Waals surface area contributed by atoms with Crippen LogP contribution in [0.1, 0.15) is 25.3 Å². The van der Waals surface area contributed by atoms with E-state index in [1.807, 2.05) is 12.3 Å². The fourth-order valence-corrected chi connectivity index (χ4v) is 3.27. The summed E-state index contributed by atoms with van der Waals surface area (Å²) in [6, 6.07) is 28.0. The van der Waals surface area contributed by atoms with Gasteiger partial charge in [0.2, 0.25) is 0 Å². The minimum Gasteiger partial charge on any atom is -0.256 e. The Morgan fingerprint density at radius 2 is 1.44 bits per heavy atom. The van der Waals surface area contributed by atoms with Gasteiger partial charge in [-0.15, -0.1) is 0 Å². The first kappa shape index (κ1) is 15.6. The second-order valence-corrected chi connectivity index (χ2v) is 6.75. The van der Waals surface area contributed by atoms with Gasteiger partial charge >= 0.3 is 0 Å². The first-order valence-electron chi connectivity index (χ1n) is 8.77. The molecular formula is C24H21N. The summed E-state index contributed by atoms with van der Waals surface area (Å²) in [5, 5.41) is 1.20. The number of nitrogens with zero attached hydrogens (tertiary/aromatic N) is 1. The predicted octanol–water partition coefficient (Wildman–Crippen LogP) is 6.69. The highest BCUT2D eigenvalue weighted by Gasteiger charge is 2.10. The smallest absolute Gasteiger partial charge is 0.0780 e. The summed E-state index contributed by atoms with van der Waals surface area (Å²) in [6.07, 6.45) is 1.88. The molecule has 0 aliphatic carbocycles. The van der Waals surface area contributed by atoms with Crippen molar-refractivity contribution in [2.24, 2.45) is 0 Å². The maximum Gasteiger partial charge on any atom is 0.0780 e. The number of fused-ring (bicyclic) bond motifs is 1. The summed E-state index contributed by atoms with van der Waals surface area (Å²) in [5.41, 5.74) is 7.31. The molecule has 3 aromatic carbocycles.